The number of nitrogens with zero attached hydrogens (tertiary/aromatic N) is 1. The molecule has 0 spiro atoms. The molecular weight excluding hydrogens is 320 g/mol. The Morgan fingerprint density at radius 1 is 1.29 bits per heavy atom. The van der Waals surface area contributed by atoms with Gasteiger partial charge in [0, 0.05) is 5.92 Å². The highest BCUT2D eigenvalue weighted by Crippen LogP contribution is 2.38. The largest absolute Gasteiger partial charge is 0.393 e. The summed E-state index contributed by atoms with van der Waals surface area (Å²) in [6.07, 6.45) is 1.23. The molecule has 0 aliphatic heterocycles. The van der Waals surface area contributed by atoms with Crippen molar-refractivity contribution in [3.8, 4) is 0 Å². The molecule has 1 atom stereocenters. The number of hydrogen-bond acceptors (Lipinski definition) is 4. The smallest absolute Gasteiger partial charge is 0.263 e. The first-order valence-corrected chi connectivity index (χ1v) is 9.28. The van der Waals surface area contributed by atoms with Crippen LogP contribution < -0.4 is 5.32 Å². The fourth-order valence-corrected chi connectivity index (χ4v) is 4.09. The summed E-state index contributed by atoms with van der Waals surface area (Å²) in [4.78, 5) is 18.0. The van der Waals surface area contributed by atoms with E-state index in [2.05, 4.69) is 24.1 Å². The Balaban J connectivity index is 1.81. The van der Waals surface area contributed by atoms with E-state index in [0.29, 0.717) is 10.8 Å². The minimum absolute atomic E-state index is 0.0628. The molecule has 1 aliphatic carbocycles. The van der Waals surface area contributed by atoms with E-state index >= 15 is 0 Å². The van der Waals surface area contributed by atoms with Gasteiger partial charge in [-0.15, -0.1) is 11.3 Å². The number of thiazole rings is 1. The van der Waals surface area contributed by atoms with E-state index in [0.717, 1.165) is 29.1 Å². The van der Waals surface area contributed by atoms with Gasteiger partial charge >= 0.3 is 0 Å². The fourth-order valence-electron chi connectivity index (χ4n) is 3.12. The van der Waals surface area contributed by atoms with Crippen LogP contribution in [-0.2, 0) is 0 Å². The summed E-state index contributed by atoms with van der Waals surface area (Å²) < 4.78 is 0. The highest BCUT2D eigenvalue weighted by atomic mass is 32.1. The second-order valence-electron chi connectivity index (χ2n) is 6.87. The van der Waals surface area contributed by atoms with Crippen molar-refractivity contribution < 1.29 is 9.90 Å². The molecule has 24 heavy (non-hydrogen) atoms. The molecule has 128 valence electrons. The van der Waals surface area contributed by atoms with E-state index in [-0.39, 0.29) is 24.0 Å². The number of carbonyl (C=O) groups is 1. The summed E-state index contributed by atoms with van der Waals surface area (Å²) in [5.74, 6) is 0.540. The second kappa shape index (κ2) is 7.03. The third kappa shape index (κ3) is 3.52. The van der Waals surface area contributed by atoms with Crippen molar-refractivity contribution in [1.29, 1.82) is 0 Å². The molecule has 0 saturated heterocycles. The number of hydrogen-bond donors (Lipinski definition) is 2. The van der Waals surface area contributed by atoms with Gasteiger partial charge in [-0.05, 0) is 31.2 Å². The molecule has 2 N–H and O–H groups in total. The van der Waals surface area contributed by atoms with E-state index in [4.69, 9.17) is 0 Å². The SMILES string of the molecule is Cc1nc(C(C)C)sc1C(=O)NC(c1ccccc1)C1CC(O)C1. The summed E-state index contributed by atoms with van der Waals surface area (Å²) in [7, 11) is 0. The minimum atomic E-state index is -0.240. The molecule has 1 fully saturated rings. The molecule has 4 nitrogen and oxygen atoms in total. The molecule has 0 radical (unpaired) electrons. The molecule has 3 rings (SSSR count). The van der Waals surface area contributed by atoms with Gasteiger partial charge in [-0.1, -0.05) is 44.2 Å². The minimum Gasteiger partial charge on any atom is -0.393 e. The van der Waals surface area contributed by atoms with Crippen LogP contribution in [0.25, 0.3) is 0 Å². The number of aromatic nitrogens is 1. The molecule has 1 heterocycles. The maximum atomic E-state index is 12.8. The summed E-state index contributed by atoms with van der Waals surface area (Å²) in [5.41, 5.74) is 1.88. The zero-order valence-corrected chi connectivity index (χ0v) is 15.1. The van der Waals surface area contributed by atoms with Crippen molar-refractivity contribution in [1.82, 2.24) is 10.3 Å². The van der Waals surface area contributed by atoms with Crippen molar-refractivity contribution >= 4 is 17.2 Å². The highest BCUT2D eigenvalue weighted by molar-refractivity contribution is 7.13. The molecule has 2 aromatic rings. The Bertz CT molecular complexity index is 705. The van der Waals surface area contributed by atoms with Gasteiger partial charge in [-0.3, -0.25) is 4.79 Å². The van der Waals surface area contributed by atoms with Gasteiger partial charge in [0.2, 0.25) is 0 Å². The summed E-state index contributed by atoms with van der Waals surface area (Å²) in [6, 6.07) is 9.95. The van der Waals surface area contributed by atoms with Crippen molar-refractivity contribution in [2.45, 2.75) is 51.7 Å². The monoisotopic (exact) mass is 344 g/mol. The number of carbonyl (C=O) groups excluding carboxylic acids is 1. The zero-order valence-electron chi connectivity index (χ0n) is 14.3. The third-order valence-electron chi connectivity index (χ3n) is 4.58. The number of benzene rings is 1. The first kappa shape index (κ1) is 17.1. The van der Waals surface area contributed by atoms with Gasteiger partial charge < -0.3 is 10.4 Å². The first-order chi connectivity index (χ1) is 11.5. The Hall–Kier alpha value is -1.72. The summed E-state index contributed by atoms with van der Waals surface area (Å²) in [5, 5.41) is 13.8. The topological polar surface area (TPSA) is 62.2 Å². The number of aryl methyl sites for hydroxylation is 1. The predicted octanol–water partition coefficient (Wildman–Crippen LogP) is 3.82. The molecule has 1 aromatic carbocycles. The lowest BCUT2D eigenvalue weighted by molar-refractivity contribution is 0.0235. The van der Waals surface area contributed by atoms with Crippen LogP contribution in [0.1, 0.15) is 64.6 Å². The predicted molar refractivity (Wildman–Crippen MR) is 96.3 cm³/mol. The van der Waals surface area contributed by atoms with E-state index < -0.39 is 0 Å². The Kier molecular flexibility index (Phi) is 5.01. The summed E-state index contributed by atoms with van der Waals surface area (Å²) in [6.45, 7) is 6.06. The second-order valence-corrected chi connectivity index (χ2v) is 7.90. The summed E-state index contributed by atoms with van der Waals surface area (Å²) >= 11 is 1.48. The van der Waals surface area contributed by atoms with Gasteiger partial charge in [-0.2, -0.15) is 0 Å². The van der Waals surface area contributed by atoms with Gasteiger partial charge in [0.15, 0.2) is 0 Å². The van der Waals surface area contributed by atoms with Crippen LogP contribution in [0.5, 0.6) is 0 Å². The third-order valence-corrected chi connectivity index (χ3v) is 6.04. The van der Waals surface area contributed by atoms with Crippen LogP contribution in [0, 0.1) is 12.8 Å². The van der Waals surface area contributed by atoms with E-state index in [1.165, 1.54) is 11.3 Å². The number of amides is 1. The van der Waals surface area contributed by atoms with Crippen LogP contribution in [0.4, 0.5) is 0 Å². The normalized spacial score (nSPS) is 21.4. The van der Waals surface area contributed by atoms with Crippen LogP contribution in [0.3, 0.4) is 0 Å². The van der Waals surface area contributed by atoms with E-state index in [9.17, 15) is 9.90 Å². The van der Waals surface area contributed by atoms with Crippen molar-refractivity contribution in [3.05, 3.63) is 51.5 Å². The van der Waals surface area contributed by atoms with Gasteiger partial charge in [-0.25, -0.2) is 4.98 Å². The van der Waals surface area contributed by atoms with Crippen LogP contribution in [0.15, 0.2) is 30.3 Å². The maximum absolute atomic E-state index is 12.8. The number of aliphatic hydroxyl groups excluding tert-OH is 1. The Morgan fingerprint density at radius 2 is 1.96 bits per heavy atom. The molecular formula is C19H24N2O2S. The molecule has 1 unspecified atom stereocenters. The average molecular weight is 344 g/mol. The van der Waals surface area contributed by atoms with E-state index in [1.54, 1.807) is 0 Å². The maximum Gasteiger partial charge on any atom is 0.263 e. The number of nitrogens with one attached hydrogen (secondary N) is 1. The Morgan fingerprint density at radius 3 is 2.50 bits per heavy atom. The fraction of sp³-hybridized carbons (Fsp3) is 0.474. The quantitative estimate of drug-likeness (QED) is 0.867. The van der Waals surface area contributed by atoms with Crippen LogP contribution in [-0.4, -0.2) is 22.1 Å². The molecule has 1 aliphatic rings. The standard InChI is InChI=1S/C19H24N2O2S/c1-11(2)19-20-12(3)17(24-19)18(23)21-16(14-9-15(22)10-14)13-7-5-4-6-8-13/h4-8,11,14-16,22H,9-10H2,1-3H3,(H,21,23). The van der Waals surface area contributed by atoms with Crippen LogP contribution in [0.2, 0.25) is 0 Å². The molecule has 1 aromatic heterocycles. The number of aliphatic hydroxyl groups is 1. The lowest BCUT2D eigenvalue weighted by Crippen LogP contribution is -2.41. The average Bonchev–Trinajstić information content (AvgIpc) is 2.93. The van der Waals surface area contributed by atoms with Gasteiger partial charge in [0.1, 0.15) is 4.88 Å². The number of rotatable bonds is 5. The Labute approximate surface area is 146 Å². The van der Waals surface area contributed by atoms with Gasteiger partial charge in [0.25, 0.3) is 5.91 Å². The highest BCUT2D eigenvalue weighted by Gasteiger charge is 2.36. The lowest BCUT2D eigenvalue weighted by atomic mass is 9.75. The lowest BCUT2D eigenvalue weighted by Gasteiger charge is -2.38. The van der Waals surface area contributed by atoms with Gasteiger partial charge in [0.05, 0.1) is 22.8 Å². The first-order valence-electron chi connectivity index (χ1n) is 8.47. The van der Waals surface area contributed by atoms with Crippen molar-refractivity contribution in [2.75, 3.05) is 0 Å². The molecule has 1 saturated carbocycles. The zero-order chi connectivity index (χ0) is 17.3. The van der Waals surface area contributed by atoms with E-state index in [1.807, 2.05) is 37.3 Å². The molecule has 1 amide bonds. The van der Waals surface area contributed by atoms with Crippen molar-refractivity contribution in [3.63, 3.8) is 0 Å². The molecule has 5 heteroatoms. The van der Waals surface area contributed by atoms with Crippen molar-refractivity contribution in [2.24, 2.45) is 5.92 Å². The molecule has 0 bridgehead atoms. The van der Waals surface area contributed by atoms with Crippen LogP contribution >= 0.6 is 11.3 Å².